The van der Waals surface area contributed by atoms with Crippen LogP contribution in [0.2, 0.25) is 0 Å². The van der Waals surface area contributed by atoms with Crippen molar-refractivity contribution in [1.82, 2.24) is 5.32 Å². The Balaban J connectivity index is 3.94. The average Bonchev–Trinajstić information content (AvgIpc) is 2.36. The summed E-state index contributed by atoms with van der Waals surface area (Å²) in [4.78, 5) is 23.1. The molecule has 0 rings (SSSR count). The first kappa shape index (κ1) is 19.8. The number of nitrogens with one attached hydrogen (secondary N) is 1. The van der Waals surface area contributed by atoms with Crippen LogP contribution in [0.15, 0.2) is 0 Å². The zero-order chi connectivity index (χ0) is 16.7. The number of carbonyl (C=O) groups excluding carboxylic acids is 2. The summed E-state index contributed by atoms with van der Waals surface area (Å²) in [5.41, 5.74) is -0.921. The maximum absolute atomic E-state index is 11.6. The van der Waals surface area contributed by atoms with Crippen LogP contribution in [0.3, 0.4) is 0 Å². The van der Waals surface area contributed by atoms with Gasteiger partial charge in [0.05, 0.1) is 34.2 Å². The van der Waals surface area contributed by atoms with Gasteiger partial charge < -0.3 is 24.7 Å². The second-order valence-corrected chi connectivity index (χ2v) is 6.82. The average molecular weight is 305 g/mol. The van der Waals surface area contributed by atoms with E-state index in [4.69, 9.17) is 9.84 Å². The lowest BCUT2D eigenvalue weighted by atomic mass is 9.87. The number of aliphatic hydroxyl groups is 2. The number of quaternary nitrogens is 1. The van der Waals surface area contributed by atoms with Crippen LogP contribution in [-0.2, 0) is 14.3 Å². The fourth-order valence-corrected chi connectivity index (χ4v) is 1.33. The maximum atomic E-state index is 11.6. The van der Waals surface area contributed by atoms with Gasteiger partial charge in [-0.05, 0) is 0 Å². The smallest absolute Gasteiger partial charge is 0.307 e. The molecule has 0 radical (unpaired) electrons. The minimum Gasteiger partial charge on any atom is -0.460 e. The van der Waals surface area contributed by atoms with Crippen molar-refractivity contribution in [1.29, 1.82) is 0 Å². The normalized spacial score (nSPS) is 13.7. The van der Waals surface area contributed by atoms with Crippen LogP contribution in [0.25, 0.3) is 0 Å². The molecule has 0 aromatic carbocycles. The molecule has 124 valence electrons. The van der Waals surface area contributed by atoms with Gasteiger partial charge in [0.2, 0.25) is 5.91 Å². The lowest BCUT2D eigenvalue weighted by Gasteiger charge is -2.27. The van der Waals surface area contributed by atoms with Crippen molar-refractivity contribution in [3.05, 3.63) is 0 Å². The maximum Gasteiger partial charge on any atom is 0.307 e. The Morgan fingerprint density at radius 3 is 2.33 bits per heavy atom. The lowest BCUT2D eigenvalue weighted by Crippen LogP contribution is -2.46. The number of rotatable bonds is 9. The number of aliphatic hydroxyl groups excluding tert-OH is 2. The number of carbonyl (C=O) groups is 2. The molecule has 0 aliphatic heterocycles. The van der Waals surface area contributed by atoms with E-state index in [1.165, 1.54) is 0 Å². The SMILES string of the molecule is CC(C)(CO)[C@@H](O)C(=O)NCCC(=O)OCC[N+](C)(C)C. The molecule has 1 amide bonds. The third-order valence-electron chi connectivity index (χ3n) is 3.05. The van der Waals surface area contributed by atoms with Gasteiger partial charge in [0.25, 0.3) is 0 Å². The highest BCUT2D eigenvalue weighted by atomic mass is 16.5. The quantitative estimate of drug-likeness (QED) is 0.380. The van der Waals surface area contributed by atoms with Gasteiger partial charge >= 0.3 is 5.97 Å². The van der Waals surface area contributed by atoms with Crippen molar-refractivity contribution >= 4 is 11.9 Å². The molecule has 3 N–H and O–H groups in total. The Morgan fingerprint density at radius 2 is 1.86 bits per heavy atom. The largest absolute Gasteiger partial charge is 0.460 e. The number of hydrogen-bond donors (Lipinski definition) is 3. The van der Waals surface area contributed by atoms with E-state index in [0.717, 1.165) is 0 Å². The van der Waals surface area contributed by atoms with E-state index < -0.39 is 17.4 Å². The molecule has 7 nitrogen and oxygen atoms in total. The lowest BCUT2D eigenvalue weighted by molar-refractivity contribution is -0.870. The summed E-state index contributed by atoms with van der Waals surface area (Å²) in [6.45, 7) is 3.99. The van der Waals surface area contributed by atoms with E-state index >= 15 is 0 Å². The first-order valence-corrected chi connectivity index (χ1v) is 7.02. The van der Waals surface area contributed by atoms with Crippen molar-refractivity contribution in [2.24, 2.45) is 5.41 Å². The zero-order valence-corrected chi connectivity index (χ0v) is 13.7. The minimum atomic E-state index is -1.32. The monoisotopic (exact) mass is 305 g/mol. The highest BCUT2D eigenvalue weighted by Crippen LogP contribution is 2.19. The van der Waals surface area contributed by atoms with Crippen molar-refractivity contribution < 1.29 is 29.0 Å². The van der Waals surface area contributed by atoms with Crippen LogP contribution < -0.4 is 5.32 Å². The van der Waals surface area contributed by atoms with Crippen molar-refractivity contribution in [3.63, 3.8) is 0 Å². The molecular weight excluding hydrogens is 276 g/mol. The van der Waals surface area contributed by atoms with E-state index in [2.05, 4.69) is 5.32 Å². The minimum absolute atomic E-state index is 0.0508. The van der Waals surface area contributed by atoms with Gasteiger partial charge in [-0.15, -0.1) is 0 Å². The summed E-state index contributed by atoms with van der Waals surface area (Å²) in [6.07, 6.45) is -1.27. The van der Waals surface area contributed by atoms with Gasteiger partial charge in [-0.25, -0.2) is 0 Å². The fraction of sp³-hybridized carbons (Fsp3) is 0.857. The molecule has 7 heteroatoms. The van der Waals surface area contributed by atoms with Crippen molar-refractivity contribution in [2.45, 2.75) is 26.4 Å². The number of hydrogen-bond acceptors (Lipinski definition) is 5. The second kappa shape index (κ2) is 8.31. The summed E-state index contributed by atoms with van der Waals surface area (Å²) in [5, 5.41) is 21.3. The van der Waals surface area contributed by atoms with Crippen molar-refractivity contribution in [3.8, 4) is 0 Å². The molecule has 0 saturated carbocycles. The molecular formula is C14H29N2O5+. The van der Waals surface area contributed by atoms with Crippen LogP contribution in [-0.4, -0.2) is 80.1 Å². The molecule has 21 heavy (non-hydrogen) atoms. The number of likely N-dealkylation sites (N-methyl/N-ethyl adjacent to an activating group) is 1. The highest BCUT2D eigenvalue weighted by molar-refractivity contribution is 5.81. The molecule has 0 aromatic heterocycles. The summed E-state index contributed by atoms with van der Waals surface area (Å²) >= 11 is 0. The van der Waals surface area contributed by atoms with Gasteiger partial charge in [-0.2, -0.15) is 0 Å². The van der Waals surface area contributed by atoms with Crippen LogP contribution >= 0.6 is 0 Å². The number of esters is 1. The molecule has 0 aromatic rings. The molecule has 0 spiro atoms. The van der Waals surface area contributed by atoms with E-state index in [1.54, 1.807) is 13.8 Å². The predicted molar refractivity (Wildman–Crippen MR) is 78.4 cm³/mol. The van der Waals surface area contributed by atoms with Crippen LogP contribution in [0.5, 0.6) is 0 Å². The fourth-order valence-electron chi connectivity index (χ4n) is 1.33. The second-order valence-electron chi connectivity index (χ2n) is 6.82. The Bertz CT molecular complexity index is 350. The molecule has 0 saturated heterocycles. The summed E-state index contributed by atoms with van der Waals surface area (Å²) < 4.78 is 5.74. The molecule has 0 unspecified atom stereocenters. The van der Waals surface area contributed by atoms with Crippen LogP contribution in [0.4, 0.5) is 0 Å². The van der Waals surface area contributed by atoms with E-state index in [1.807, 2.05) is 21.1 Å². The Kier molecular flexibility index (Phi) is 7.84. The predicted octanol–water partition coefficient (Wildman–Crippen LogP) is -0.878. The zero-order valence-electron chi connectivity index (χ0n) is 13.7. The van der Waals surface area contributed by atoms with Crippen molar-refractivity contribution in [2.75, 3.05) is 47.4 Å². The van der Waals surface area contributed by atoms with Gasteiger partial charge in [-0.3, -0.25) is 9.59 Å². The summed E-state index contributed by atoms with van der Waals surface area (Å²) in [7, 11) is 6.00. The Labute approximate surface area is 126 Å². The third-order valence-corrected chi connectivity index (χ3v) is 3.05. The van der Waals surface area contributed by atoms with E-state index in [0.29, 0.717) is 17.6 Å². The highest BCUT2D eigenvalue weighted by Gasteiger charge is 2.32. The third kappa shape index (κ3) is 8.64. The van der Waals surface area contributed by atoms with Crippen LogP contribution in [0, 0.1) is 5.41 Å². The first-order chi connectivity index (χ1) is 9.49. The molecule has 0 heterocycles. The molecule has 0 aliphatic carbocycles. The first-order valence-electron chi connectivity index (χ1n) is 7.02. The summed E-state index contributed by atoms with van der Waals surface area (Å²) in [5.74, 6) is -0.993. The van der Waals surface area contributed by atoms with Gasteiger partial charge in [0, 0.05) is 12.0 Å². The van der Waals surface area contributed by atoms with Gasteiger partial charge in [0.15, 0.2) is 0 Å². The molecule has 0 bridgehead atoms. The van der Waals surface area contributed by atoms with E-state index in [-0.39, 0.29) is 25.5 Å². The molecule has 0 aliphatic rings. The molecule has 0 fully saturated rings. The van der Waals surface area contributed by atoms with Crippen LogP contribution in [0.1, 0.15) is 20.3 Å². The Morgan fingerprint density at radius 1 is 1.29 bits per heavy atom. The van der Waals surface area contributed by atoms with Gasteiger partial charge in [0.1, 0.15) is 19.3 Å². The van der Waals surface area contributed by atoms with E-state index in [9.17, 15) is 14.7 Å². The molecule has 1 atom stereocenters. The standard InChI is InChI=1S/C14H28N2O5/c1-14(2,10-17)12(19)13(20)15-7-6-11(18)21-9-8-16(3,4)5/h12,17,19H,6-10H2,1-5H3/p+1/t12-/m0/s1. The number of ether oxygens (including phenoxy) is 1. The topological polar surface area (TPSA) is 95.9 Å². The Hall–Kier alpha value is -1.18. The number of nitrogens with zero attached hydrogens (tertiary/aromatic N) is 1. The summed E-state index contributed by atoms with van der Waals surface area (Å²) in [6, 6.07) is 0. The number of amides is 1. The van der Waals surface area contributed by atoms with Gasteiger partial charge in [-0.1, -0.05) is 13.8 Å².